The van der Waals surface area contributed by atoms with Crippen LogP contribution in [0, 0.1) is 5.82 Å². The maximum Gasteiger partial charge on any atom is 0.134 e. The number of ether oxygens (including phenoxy) is 1. The molecule has 2 aromatic carbocycles. The lowest BCUT2D eigenvalue weighted by molar-refractivity contribution is 0.340. The van der Waals surface area contributed by atoms with E-state index in [1.165, 1.54) is 6.07 Å². The largest absolute Gasteiger partial charge is 0.493 e. The third-order valence-electron chi connectivity index (χ3n) is 2.42. The second kappa shape index (κ2) is 5.32. The van der Waals surface area contributed by atoms with Crippen LogP contribution in [0.1, 0.15) is 6.92 Å². The van der Waals surface area contributed by atoms with Crippen molar-refractivity contribution < 1.29 is 9.13 Å². The molecule has 0 unspecified atom stereocenters. The Morgan fingerprint density at radius 3 is 2.59 bits per heavy atom. The van der Waals surface area contributed by atoms with E-state index >= 15 is 0 Å². The van der Waals surface area contributed by atoms with E-state index in [1.807, 2.05) is 31.2 Å². The lowest BCUT2D eigenvalue weighted by atomic mass is 10.0. The molecule has 0 atom stereocenters. The van der Waals surface area contributed by atoms with Gasteiger partial charge in [-0.1, -0.05) is 40.2 Å². The van der Waals surface area contributed by atoms with Gasteiger partial charge >= 0.3 is 0 Å². The molecule has 1 nitrogen and oxygen atoms in total. The zero-order chi connectivity index (χ0) is 12.3. The first-order chi connectivity index (χ1) is 8.24. The van der Waals surface area contributed by atoms with Crippen molar-refractivity contribution in [1.82, 2.24) is 0 Å². The number of halogens is 2. The van der Waals surface area contributed by atoms with E-state index in [-0.39, 0.29) is 5.82 Å². The van der Waals surface area contributed by atoms with E-state index in [0.717, 1.165) is 10.0 Å². The molecule has 0 saturated carbocycles. The summed E-state index contributed by atoms with van der Waals surface area (Å²) in [4.78, 5) is 0. The minimum absolute atomic E-state index is 0.275. The molecule has 0 radical (unpaired) electrons. The predicted octanol–water partition coefficient (Wildman–Crippen LogP) is 4.65. The highest BCUT2D eigenvalue weighted by Gasteiger charge is 2.13. The van der Waals surface area contributed by atoms with Crippen LogP contribution in [0.3, 0.4) is 0 Å². The summed E-state index contributed by atoms with van der Waals surface area (Å²) in [6, 6.07) is 12.4. The van der Waals surface area contributed by atoms with Crippen LogP contribution in [0.15, 0.2) is 46.9 Å². The van der Waals surface area contributed by atoms with Gasteiger partial charge in [0.2, 0.25) is 0 Å². The van der Waals surface area contributed by atoms with Crippen molar-refractivity contribution in [3.05, 3.63) is 52.8 Å². The molecule has 3 heteroatoms. The Morgan fingerprint density at radius 2 is 1.88 bits per heavy atom. The van der Waals surface area contributed by atoms with Crippen molar-refractivity contribution in [3.8, 4) is 16.9 Å². The molecule has 0 aromatic heterocycles. The Bertz CT molecular complexity index is 525. The monoisotopic (exact) mass is 294 g/mol. The van der Waals surface area contributed by atoms with Gasteiger partial charge in [-0.15, -0.1) is 0 Å². The number of hydrogen-bond donors (Lipinski definition) is 0. The SMILES string of the molecule is CCOc1cccc(F)c1-c1ccccc1Br. The molecule has 88 valence electrons. The predicted molar refractivity (Wildman–Crippen MR) is 70.7 cm³/mol. The number of benzene rings is 2. The molecule has 17 heavy (non-hydrogen) atoms. The van der Waals surface area contributed by atoms with E-state index in [9.17, 15) is 4.39 Å². The van der Waals surface area contributed by atoms with E-state index in [1.54, 1.807) is 12.1 Å². The van der Waals surface area contributed by atoms with Crippen LogP contribution in [0.5, 0.6) is 5.75 Å². The minimum Gasteiger partial charge on any atom is -0.493 e. The van der Waals surface area contributed by atoms with E-state index in [4.69, 9.17) is 4.74 Å². The summed E-state index contributed by atoms with van der Waals surface area (Å²) in [5.74, 6) is 0.294. The highest BCUT2D eigenvalue weighted by molar-refractivity contribution is 9.10. The number of rotatable bonds is 3. The van der Waals surface area contributed by atoms with Crippen LogP contribution < -0.4 is 4.74 Å². The smallest absolute Gasteiger partial charge is 0.134 e. The lowest BCUT2D eigenvalue weighted by Gasteiger charge is -2.12. The highest BCUT2D eigenvalue weighted by atomic mass is 79.9. The van der Waals surface area contributed by atoms with Crippen LogP contribution in [0.2, 0.25) is 0 Å². The maximum atomic E-state index is 13.9. The van der Waals surface area contributed by atoms with E-state index < -0.39 is 0 Å². The molecule has 0 aliphatic heterocycles. The Balaban J connectivity index is 2.61. The molecule has 0 amide bonds. The van der Waals surface area contributed by atoms with Gasteiger partial charge in [0, 0.05) is 10.0 Å². The average molecular weight is 295 g/mol. The summed E-state index contributed by atoms with van der Waals surface area (Å²) < 4.78 is 20.3. The number of hydrogen-bond acceptors (Lipinski definition) is 1. The Morgan fingerprint density at radius 1 is 1.12 bits per heavy atom. The topological polar surface area (TPSA) is 9.23 Å². The summed E-state index contributed by atoms with van der Waals surface area (Å²) in [6.07, 6.45) is 0. The van der Waals surface area contributed by atoms with Gasteiger partial charge < -0.3 is 4.74 Å². The van der Waals surface area contributed by atoms with Crippen molar-refractivity contribution in [2.45, 2.75) is 6.92 Å². The van der Waals surface area contributed by atoms with Gasteiger partial charge in [-0.05, 0) is 25.1 Å². The van der Waals surface area contributed by atoms with E-state index in [2.05, 4.69) is 15.9 Å². The fourth-order valence-electron chi connectivity index (χ4n) is 1.71. The zero-order valence-electron chi connectivity index (χ0n) is 9.41. The molecular formula is C14H12BrFO. The Kier molecular flexibility index (Phi) is 3.79. The van der Waals surface area contributed by atoms with Crippen LogP contribution in [-0.4, -0.2) is 6.61 Å². The molecule has 2 aromatic rings. The molecule has 2 rings (SSSR count). The van der Waals surface area contributed by atoms with Crippen LogP contribution in [0.4, 0.5) is 4.39 Å². The van der Waals surface area contributed by atoms with Crippen molar-refractivity contribution in [2.24, 2.45) is 0 Å². The van der Waals surface area contributed by atoms with Crippen molar-refractivity contribution in [2.75, 3.05) is 6.61 Å². The first-order valence-corrected chi connectivity index (χ1v) is 6.19. The fourth-order valence-corrected chi connectivity index (χ4v) is 2.19. The van der Waals surface area contributed by atoms with E-state index in [0.29, 0.717) is 17.9 Å². The van der Waals surface area contributed by atoms with Gasteiger partial charge in [-0.2, -0.15) is 0 Å². The van der Waals surface area contributed by atoms with Gasteiger partial charge in [0.25, 0.3) is 0 Å². The molecule has 0 heterocycles. The van der Waals surface area contributed by atoms with Crippen LogP contribution >= 0.6 is 15.9 Å². The van der Waals surface area contributed by atoms with Gasteiger partial charge in [-0.25, -0.2) is 4.39 Å². The molecule has 0 saturated heterocycles. The van der Waals surface area contributed by atoms with Gasteiger partial charge in [0.05, 0.1) is 12.2 Å². The average Bonchev–Trinajstić information content (AvgIpc) is 2.31. The first-order valence-electron chi connectivity index (χ1n) is 5.40. The van der Waals surface area contributed by atoms with Crippen molar-refractivity contribution >= 4 is 15.9 Å². The molecule has 0 fully saturated rings. The fraction of sp³-hybridized carbons (Fsp3) is 0.143. The minimum atomic E-state index is -0.275. The highest BCUT2D eigenvalue weighted by Crippen LogP contribution is 2.36. The molecule has 0 aliphatic carbocycles. The normalized spacial score (nSPS) is 10.3. The first kappa shape index (κ1) is 12.1. The van der Waals surface area contributed by atoms with Crippen molar-refractivity contribution in [3.63, 3.8) is 0 Å². The Labute approximate surface area is 108 Å². The molecule has 0 bridgehead atoms. The van der Waals surface area contributed by atoms with Gasteiger partial charge in [0.15, 0.2) is 0 Å². The summed E-state index contributed by atoms with van der Waals surface area (Å²) >= 11 is 3.43. The summed E-state index contributed by atoms with van der Waals surface area (Å²) in [5.41, 5.74) is 1.30. The van der Waals surface area contributed by atoms with Crippen molar-refractivity contribution in [1.29, 1.82) is 0 Å². The summed E-state index contributed by atoms with van der Waals surface area (Å²) in [5, 5.41) is 0. The second-order valence-electron chi connectivity index (χ2n) is 3.53. The van der Waals surface area contributed by atoms with Crippen LogP contribution in [0.25, 0.3) is 11.1 Å². The third kappa shape index (κ3) is 2.50. The van der Waals surface area contributed by atoms with Gasteiger partial charge in [-0.3, -0.25) is 0 Å². The summed E-state index contributed by atoms with van der Waals surface area (Å²) in [7, 11) is 0. The molecule has 0 aliphatic rings. The zero-order valence-corrected chi connectivity index (χ0v) is 11.0. The molecular weight excluding hydrogens is 283 g/mol. The maximum absolute atomic E-state index is 13.9. The quantitative estimate of drug-likeness (QED) is 0.800. The molecule has 0 spiro atoms. The standard InChI is InChI=1S/C14H12BrFO/c1-2-17-13-9-5-8-12(16)14(13)10-6-3-4-7-11(10)15/h3-9H,2H2,1H3. The second-order valence-corrected chi connectivity index (χ2v) is 4.38. The molecule has 0 N–H and O–H groups in total. The Hall–Kier alpha value is -1.35. The van der Waals surface area contributed by atoms with Gasteiger partial charge in [0.1, 0.15) is 11.6 Å². The third-order valence-corrected chi connectivity index (χ3v) is 3.11. The lowest BCUT2D eigenvalue weighted by Crippen LogP contribution is -1.96. The van der Waals surface area contributed by atoms with Crippen LogP contribution in [-0.2, 0) is 0 Å². The summed E-state index contributed by atoms with van der Waals surface area (Å²) in [6.45, 7) is 2.40.